The average Bonchev–Trinajstić information content (AvgIpc) is 2.37. The number of rotatable bonds is 6. The van der Waals surface area contributed by atoms with Crippen molar-refractivity contribution in [1.82, 2.24) is 9.29 Å². The maximum Gasteiger partial charge on any atom is 0.246 e. The number of nitrogens with two attached hydrogens (primary N) is 1. The number of hydrogen-bond acceptors (Lipinski definition) is 5. The summed E-state index contributed by atoms with van der Waals surface area (Å²) in [5.41, 5.74) is 2.35. The molecule has 1 aliphatic rings. The summed E-state index contributed by atoms with van der Waals surface area (Å²) in [5.74, 6) is 6.01. The van der Waals surface area contributed by atoms with Crippen molar-refractivity contribution in [2.75, 3.05) is 18.5 Å². The van der Waals surface area contributed by atoms with Gasteiger partial charge in [-0.15, -0.1) is 0 Å². The summed E-state index contributed by atoms with van der Waals surface area (Å²) in [6.07, 6.45) is 4.91. The number of pyridine rings is 1. The maximum atomic E-state index is 12.7. The third-order valence-corrected chi connectivity index (χ3v) is 6.00. The van der Waals surface area contributed by atoms with Gasteiger partial charge in [0.2, 0.25) is 10.0 Å². The normalized spacial score (nSPS) is 16.2. The monoisotopic (exact) mass is 362 g/mol. The number of sulfonamides is 1. The predicted molar refractivity (Wildman–Crippen MR) is 81.5 cm³/mol. The molecule has 1 aromatic heterocycles. The van der Waals surface area contributed by atoms with Crippen molar-refractivity contribution in [2.45, 2.75) is 31.1 Å². The molecular weight excluding hydrogens is 344 g/mol. The van der Waals surface area contributed by atoms with Crippen molar-refractivity contribution in [1.29, 1.82) is 0 Å². The van der Waals surface area contributed by atoms with Gasteiger partial charge in [-0.1, -0.05) is 13.3 Å². The molecule has 0 spiro atoms. The highest BCUT2D eigenvalue weighted by molar-refractivity contribution is 9.10. The number of halogens is 1. The summed E-state index contributed by atoms with van der Waals surface area (Å²) in [5, 5.41) is 0. The second-order valence-corrected chi connectivity index (χ2v) is 7.72. The Kier molecular flexibility index (Phi) is 5.00. The molecule has 1 saturated carbocycles. The molecule has 0 aliphatic heterocycles. The predicted octanol–water partition coefficient (Wildman–Crippen LogP) is 1.94. The van der Waals surface area contributed by atoms with Crippen LogP contribution in [0.15, 0.2) is 21.6 Å². The lowest BCUT2D eigenvalue weighted by atomic mass is 9.85. The fourth-order valence-corrected chi connectivity index (χ4v) is 4.37. The van der Waals surface area contributed by atoms with Gasteiger partial charge in [0.05, 0.1) is 0 Å². The summed E-state index contributed by atoms with van der Waals surface area (Å²) in [6.45, 7) is 2.85. The van der Waals surface area contributed by atoms with E-state index in [1.54, 1.807) is 0 Å². The second-order valence-electron chi connectivity index (χ2n) is 4.90. The Morgan fingerprint density at radius 3 is 2.75 bits per heavy atom. The Morgan fingerprint density at radius 2 is 2.25 bits per heavy atom. The fraction of sp³-hybridized carbons (Fsp3) is 0.583. The topological polar surface area (TPSA) is 88.3 Å². The molecule has 0 radical (unpaired) electrons. The maximum absolute atomic E-state index is 12.7. The molecule has 1 aliphatic carbocycles. The first-order valence-corrected chi connectivity index (χ1v) is 8.84. The van der Waals surface area contributed by atoms with Gasteiger partial charge in [-0.25, -0.2) is 19.2 Å². The zero-order valence-electron chi connectivity index (χ0n) is 11.3. The summed E-state index contributed by atoms with van der Waals surface area (Å²) in [6, 6.07) is 1.53. The van der Waals surface area contributed by atoms with E-state index in [0.717, 1.165) is 12.8 Å². The highest BCUT2D eigenvalue weighted by Gasteiger charge is 2.30. The van der Waals surface area contributed by atoms with Crippen LogP contribution in [0.1, 0.15) is 26.2 Å². The summed E-state index contributed by atoms with van der Waals surface area (Å²) in [4.78, 5) is 4.11. The standard InChI is InChI=1S/C12H19BrN4O2S/c1-2-17(8-9-4-3-5-9)20(18,19)11-6-10(13)7-15-12(11)16-14/h6-7,9H,2-5,8,14H2,1H3,(H,15,16). The van der Waals surface area contributed by atoms with Crippen LogP contribution in [0.3, 0.4) is 0 Å². The van der Waals surface area contributed by atoms with Gasteiger partial charge < -0.3 is 5.43 Å². The average molecular weight is 363 g/mol. The van der Waals surface area contributed by atoms with Gasteiger partial charge in [0.25, 0.3) is 0 Å². The van der Waals surface area contributed by atoms with Gasteiger partial charge in [-0.3, -0.25) is 0 Å². The van der Waals surface area contributed by atoms with E-state index in [4.69, 9.17) is 5.84 Å². The minimum atomic E-state index is -3.59. The van der Waals surface area contributed by atoms with E-state index in [-0.39, 0.29) is 10.7 Å². The first-order valence-electron chi connectivity index (χ1n) is 6.61. The Hall–Kier alpha value is -0.700. The number of anilines is 1. The van der Waals surface area contributed by atoms with Crippen molar-refractivity contribution in [3.63, 3.8) is 0 Å². The summed E-state index contributed by atoms with van der Waals surface area (Å²) >= 11 is 3.25. The zero-order valence-corrected chi connectivity index (χ0v) is 13.7. The highest BCUT2D eigenvalue weighted by Crippen LogP contribution is 2.31. The minimum absolute atomic E-state index is 0.107. The van der Waals surface area contributed by atoms with Gasteiger partial charge in [0.1, 0.15) is 4.90 Å². The van der Waals surface area contributed by atoms with E-state index < -0.39 is 10.0 Å². The van der Waals surface area contributed by atoms with Crippen molar-refractivity contribution in [2.24, 2.45) is 11.8 Å². The lowest BCUT2D eigenvalue weighted by molar-refractivity contribution is 0.250. The van der Waals surface area contributed by atoms with Crippen LogP contribution in [0.25, 0.3) is 0 Å². The van der Waals surface area contributed by atoms with Gasteiger partial charge >= 0.3 is 0 Å². The largest absolute Gasteiger partial charge is 0.307 e. The van der Waals surface area contributed by atoms with Crippen LogP contribution < -0.4 is 11.3 Å². The first-order chi connectivity index (χ1) is 9.48. The van der Waals surface area contributed by atoms with Gasteiger partial charge in [0, 0.05) is 23.8 Å². The van der Waals surface area contributed by atoms with Crippen molar-refractivity contribution < 1.29 is 8.42 Å². The molecule has 20 heavy (non-hydrogen) atoms. The molecule has 8 heteroatoms. The van der Waals surface area contributed by atoms with Gasteiger partial charge in [-0.05, 0) is 40.8 Å². The zero-order chi connectivity index (χ0) is 14.8. The molecule has 0 unspecified atom stereocenters. The van der Waals surface area contributed by atoms with E-state index in [1.165, 1.54) is 23.0 Å². The SMILES string of the molecule is CCN(CC1CCC1)S(=O)(=O)c1cc(Br)cnc1NN. The number of aromatic nitrogens is 1. The fourth-order valence-electron chi connectivity index (χ4n) is 2.23. The lowest BCUT2D eigenvalue weighted by Crippen LogP contribution is -2.37. The molecule has 0 aromatic carbocycles. The number of hydrazine groups is 1. The van der Waals surface area contributed by atoms with Crippen LogP contribution in [0.4, 0.5) is 5.82 Å². The van der Waals surface area contributed by atoms with Crippen LogP contribution in [0.5, 0.6) is 0 Å². The van der Waals surface area contributed by atoms with Crippen molar-refractivity contribution in [3.8, 4) is 0 Å². The second kappa shape index (κ2) is 6.38. The Balaban J connectivity index is 2.33. The molecule has 6 nitrogen and oxygen atoms in total. The molecular formula is C12H19BrN4O2S. The minimum Gasteiger partial charge on any atom is -0.307 e. The number of nitrogens with zero attached hydrogens (tertiary/aromatic N) is 2. The van der Waals surface area contributed by atoms with Crippen LogP contribution in [0, 0.1) is 5.92 Å². The van der Waals surface area contributed by atoms with E-state index in [9.17, 15) is 8.42 Å². The molecule has 3 N–H and O–H groups in total. The van der Waals surface area contributed by atoms with E-state index in [1.807, 2.05) is 6.92 Å². The smallest absolute Gasteiger partial charge is 0.246 e. The number of nitrogen functional groups attached to an aromatic ring is 1. The third kappa shape index (κ3) is 3.13. The molecule has 1 aromatic rings. The van der Waals surface area contributed by atoms with Crippen LogP contribution >= 0.6 is 15.9 Å². The van der Waals surface area contributed by atoms with Crippen molar-refractivity contribution >= 4 is 31.8 Å². The lowest BCUT2D eigenvalue weighted by Gasteiger charge is -2.31. The molecule has 0 saturated heterocycles. The molecule has 0 atom stereocenters. The van der Waals surface area contributed by atoms with Crippen LogP contribution in [-0.2, 0) is 10.0 Å². The highest BCUT2D eigenvalue weighted by atomic mass is 79.9. The summed E-state index contributed by atoms with van der Waals surface area (Å²) in [7, 11) is -3.59. The molecule has 112 valence electrons. The summed E-state index contributed by atoms with van der Waals surface area (Å²) < 4.78 is 27.6. The van der Waals surface area contributed by atoms with Crippen LogP contribution in [0.2, 0.25) is 0 Å². The number of nitrogens with one attached hydrogen (secondary N) is 1. The molecule has 1 heterocycles. The van der Waals surface area contributed by atoms with E-state index >= 15 is 0 Å². The Morgan fingerprint density at radius 1 is 1.55 bits per heavy atom. The van der Waals surface area contributed by atoms with E-state index in [0.29, 0.717) is 23.5 Å². The van der Waals surface area contributed by atoms with Gasteiger partial charge in [0.15, 0.2) is 5.82 Å². The Labute approximate surface area is 127 Å². The quantitative estimate of drug-likeness (QED) is 0.596. The van der Waals surface area contributed by atoms with E-state index in [2.05, 4.69) is 26.3 Å². The Bertz CT molecular complexity index is 575. The molecule has 1 fully saturated rings. The first kappa shape index (κ1) is 15.7. The van der Waals surface area contributed by atoms with Crippen LogP contribution in [-0.4, -0.2) is 30.8 Å². The molecule has 0 bridgehead atoms. The number of hydrogen-bond donors (Lipinski definition) is 2. The van der Waals surface area contributed by atoms with Gasteiger partial charge in [-0.2, -0.15) is 4.31 Å². The van der Waals surface area contributed by atoms with Crippen molar-refractivity contribution in [3.05, 3.63) is 16.7 Å². The molecule has 2 rings (SSSR count). The molecule has 0 amide bonds. The third-order valence-electron chi connectivity index (χ3n) is 3.61.